The first-order valence-corrected chi connectivity index (χ1v) is 13.2. The van der Waals surface area contributed by atoms with E-state index >= 15 is 0 Å². The number of rotatable bonds is 8. The molecule has 3 N–H and O–H groups in total. The molecule has 0 atom stereocenters. The van der Waals surface area contributed by atoms with E-state index in [-0.39, 0.29) is 19.0 Å². The van der Waals surface area contributed by atoms with Crippen LogP contribution in [0.25, 0.3) is 10.1 Å². The number of ether oxygens (including phenoxy) is 1. The van der Waals surface area contributed by atoms with Gasteiger partial charge in [0.2, 0.25) is 10.0 Å². The first kappa shape index (κ1) is 23.7. The van der Waals surface area contributed by atoms with Crippen LogP contribution in [0.4, 0.5) is 11.4 Å². The number of nitrogens with zero attached hydrogens (tertiary/aromatic N) is 1. The fourth-order valence-electron chi connectivity index (χ4n) is 3.51. The molecule has 3 aromatic carbocycles. The van der Waals surface area contributed by atoms with Crippen molar-refractivity contribution in [3.05, 3.63) is 88.8 Å². The van der Waals surface area contributed by atoms with E-state index in [1.165, 1.54) is 21.9 Å². The fraction of sp³-hybridized carbons (Fsp3) is 0.160. The number of anilines is 2. The van der Waals surface area contributed by atoms with Crippen molar-refractivity contribution in [2.75, 3.05) is 24.4 Å². The third-order valence-corrected chi connectivity index (χ3v) is 7.66. The number of hydrogen-bond donors (Lipinski definition) is 2. The van der Waals surface area contributed by atoms with Crippen LogP contribution < -0.4 is 15.8 Å². The maximum Gasteiger partial charge on any atom is 0.265 e. The molecule has 0 aliphatic heterocycles. The molecule has 0 saturated carbocycles. The Morgan fingerprint density at radius 3 is 2.35 bits per heavy atom. The average Bonchev–Trinajstić information content (AvgIpc) is 3.24. The van der Waals surface area contributed by atoms with Gasteiger partial charge in [-0.15, -0.1) is 11.3 Å². The van der Waals surface area contributed by atoms with E-state index in [1.807, 2.05) is 54.6 Å². The molecule has 7 nitrogen and oxygen atoms in total. The molecule has 4 rings (SSSR count). The predicted octanol–water partition coefficient (Wildman–Crippen LogP) is 4.71. The van der Waals surface area contributed by atoms with Crippen LogP contribution in [0, 0.1) is 0 Å². The Balaban J connectivity index is 1.53. The van der Waals surface area contributed by atoms with Crippen molar-refractivity contribution in [2.45, 2.75) is 13.1 Å². The van der Waals surface area contributed by atoms with E-state index in [2.05, 4.69) is 5.32 Å². The lowest BCUT2D eigenvalue weighted by Crippen LogP contribution is -2.29. The molecule has 4 aromatic rings. The zero-order chi connectivity index (χ0) is 24.3. The summed E-state index contributed by atoms with van der Waals surface area (Å²) in [6.45, 7) is 0.470. The Kier molecular flexibility index (Phi) is 6.87. The molecular formula is C25H25N3O4S2. The summed E-state index contributed by atoms with van der Waals surface area (Å²) in [4.78, 5) is 13.3. The van der Waals surface area contributed by atoms with Crippen LogP contribution in [-0.4, -0.2) is 32.0 Å². The molecule has 176 valence electrons. The van der Waals surface area contributed by atoms with E-state index in [4.69, 9.17) is 10.5 Å². The lowest BCUT2D eigenvalue weighted by Gasteiger charge is -2.20. The van der Waals surface area contributed by atoms with E-state index in [9.17, 15) is 13.2 Å². The van der Waals surface area contributed by atoms with Crippen molar-refractivity contribution in [3.63, 3.8) is 0 Å². The summed E-state index contributed by atoms with van der Waals surface area (Å²) in [6.07, 6.45) is 1.21. The molecule has 0 spiro atoms. The lowest BCUT2D eigenvalue weighted by molar-refractivity contribution is 0.103. The van der Waals surface area contributed by atoms with Gasteiger partial charge in [-0.05, 0) is 52.9 Å². The van der Waals surface area contributed by atoms with Gasteiger partial charge >= 0.3 is 0 Å². The molecule has 1 heterocycles. The zero-order valence-electron chi connectivity index (χ0n) is 18.8. The number of para-hydroxylation sites is 2. The van der Waals surface area contributed by atoms with Crippen molar-refractivity contribution in [1.82, 2.24) is 4.31 Å². The number of carbonyl (C=O) groups is 1. The Morgan fingerprint density at radius 2 is 1.68 bits per heavy atom. The minimum atomic E-state index is -3.45. The summed E-state index contributed by atoms with van der Waals surface area (Å²) in [5.74, 6) is 0.477. The number of nitrogens with two attached hydrogens (primary N) is 1. The first-order chi connectivity index (χ1) is 16.2. The number of sulfonamides is 1. The molecule has 1 aromatic heterocycles. The normalized spacial score (nSPS) is 11.6. The number of thiophene rings is 1. The van der Waals surface area contributed by atoms with Crippen LogP contribution in [0.1, 0.15) is 20.8 Å². The molecule has 34 heavy (non-hydrogen) atoms. The second-order valence-corrected chi connectivity index (χ2v) is 11.0. The molecule has 9 heteroatoms. The SMILES string of the molecule is COc1ccc(CN(Cc2ccc3cc(C(=O)Nc4ccccc4N)sc3c2)S(C)(=O)=O)cc1. The zero-order valence-corrected chi connectivity index (χ0v) is 20.4. The van der Waals surface area contributed by atoms with Crippen LogP contribution in [0.2, 0.25) is 0 Å². The first-order valence-electron chi connectivity index (χ1n) is 10.5. The summed E-state index contributed by atoms with van der Waals surface area (Å²) >= 11 is 1.35. The van der Waals surface area contributed by atoms with Gasteiger partial charge in [-0.2, -0.15) is 4.31 Å². The molecule has 0 fully saturated rings. The Hall–Kier alpha value is -3.40. The quantitative estimate of drug-likeness (QED) is 0.345. The van der Waals surface area contributed by atoms with Gasteiger partial charge in [0.25, 0.3) is 5.91 Å². The number of benzene rings is 3. The summed E-state index contributed by atoms with van der Waals surface area (Å²) < 4.78 is 32.4. The number of fused-ring (bicyclic) bond motifs is 1. The molecule has 0 saturated heterocycles. The minimum Gasteiger partial charge on any atom is -0.497 e. The molecule has 0 radical (unpaired) electrons. The van der Waals surface area contributed by atoms with Crippen molar-refractivity contribution >= 4 is 48.7 Å². The van der Waals surface area contributed by atoms with Crippen LogP contribution >= 0.6 is 11.3 Å². The second kappa shape index (κ2) is 9.84. The fourth-order valence-corrected chi connectivity index (χ4v) is 5.30. The summed E-state index contributed by atoms with van der Waals surface area (Å²) in [6, 6.07) is 22.0. The third-order valence-electron chi connectivity index (χ3n) is 5.36. The highest BCUT2D eigenvalue weighted by molar-refractivity contribution is 7.88. The van der Waals surface area contributed by atoms with E-state index in [0.717, 1.165) is 21.2 Å². The van der Waals surface area contributed by atoms with Gasteiger partial charge in [0, 0.05) is 17.8 Å². The average molecular weight is 496 g/mol. The number of nitrogens with one attached hydrogen (secondary N) is 1. The monoisotopic (exact) mass is 495 g/mol. The van der Waals surface area contributed by atoms with E-state index in [0.29, 0.717) is 22.0 Å². The number of methoxy groups -OCH3 is 1. The van der Waals surface area contributed by atoms with Crippen molar-refractivity contribution in [1.29, 1.82) is 0 Å². The van der Waals surface area contributed by atoms with Gasteiger partial charge in [-0.1, -0.05) is 36.4 Å². The minimum absolute atomic E-state index is 0.223. The molecular weight excluding hydrogens is 470 g/mol. The van der Waals surface area contributed by atoms with Crippen molar-refractivity contribution < 1.29 is 17.9 Å². The topological polar surface area (TPSA) is 102 Å². The van der Waals surface area contributed by atoms with Gasteiger partial charge in [0.15, 0.2) is 0 Å². The molecule has 0 aliphatic rings. The van der Waals surface area contributed by atoms with E-state index < -0.39 is 10.0 Å². The number of hydrogen-bond acceptors (Lipinski definition) is 6. The Bertz CT molecular complexity index is 1430. The summed E-state index contributed by atoms with van der Waals surface area (Å²) in [5.41, 5.74) is 8.69. The second-order valence-electron chi connectivity index (χ2n) is 7.90. The molecule has 0 bridgehead atoms. The van der Waals surface area contributed by atoms with E-state index in [1.54, 1.807) is 25.3 Å². The highest BCUT2D eigenvalue weighted by Gasteiger charge is 2.19. The maximum absolute atomic E-state index is 12.7. The van der Waals surface area contributed by atoms with Crippen LogP contribution in [0.3, 0.4) is 0 Å². The standard InChI is InChI=1S/C25H25N3O4S2/c1-32-20-11-8-17(9-12-20)15-28(34(2,30)31)16-18-7-10-19-14-24(33-23(19)13-18)25(29)27-22-6-4-3-5-21(22)26/h3-14H,15-16,26H2,1-2H3,(H,27,29). The van der Waals surface area contributed by atoms with Crippen LogP contribution in [0.5, 0.6) is 5.75 Å². The maximum atomic E-state index is 12.7. The third kappa shape index (κ3) is 5.56. The number of amides is 1. The highest BCUT2D eigenvalue weighted by atomic mass is 32.2. The van der Waals surface area contributed by atoms with Crippen molar-refractivity contribution in [3.8, 4) is 5.75 Å². The summed E-state index contributed by atoms with van der Waals surface area (Å²) in [5, 5.41) is 3.76. The predicted molar refractivity (Wildman–Crippen MR) is 138 cm³/mol. The van der Waals surface area contributed by atoms with Gasteiger partial charge in [-0.3, -0.25) is 4.79 Å². The smallest absolute Gasteiger partial charge is 0.265 e. The number of carbonyl (C=O) groups excluding carboxylic acids is 1. The Morgan fingerprint density at radius 1 is 1.00 bits per heavy atom. The highest BCUT2D eigenvalue weighted by Crippen LogP contribution is 2.29. The summed E-state index contributed by atoms with van der Waals surface area (Å²) in [7, 11) is -1.86. The molecule has 0 aliphatic carbocycles. The van der Waals surface area contributed by atoms with Gasteiger partial charge < -0.3 is 15.8 Å². The van der Waals surface area contributed by atoms with Crippen LogP contribution in [0.15, 0.2) is 72.8 Å². The van der Waals surface area contributed by atoms with Crippen LogP contribution in [-0.2, 0) is 23.1 Å². The van der Waals surface area contributed by atoms with Gasteiger partial charge in [-0.25, -0.2) is 8.42 Å². The number of nitrogen functional groups attached to an aromatic ring is 1. The van der Waals surface area contributed by atoms with Gasteiger partial charge in [0.1, 0.15) is 5.75 Å². The Labute approximate surface area is 202 Å². The molecule has 0 unspecified atom stereocenters. The molecule has 1 amide bonds. The lowest BCUT2D eigenvalue weighted by atomic mass is 10.1. The largest absolute Gasteiger partial charge is 0.497 e. The van der Waals surface area contributed by atoms with Gasteiger partial charge in [0.05, 0.1) is 29.6 Å². The van der Waals surface area contributed by atoms with Crippen molar-refractivity contribution in [2.24, 2.45) is 0 Å².